The van der Waals surface area contributed by atoms with E-state index in [1.165, 1.54) is 5.56 Å². The Hall–Kier alpha value is -1.35. The molecule has 0 aliphatic carbocycles. The zero-order chi connectivity index (χ0) is 12.8. The van der Waals surface area contributed by atoms with E-state index in [0.717, 1.165) is 0 Å². The van der Waals surface area contributed by atoms with Gasteiger partial charge < -0.3 is 10.4 Å². The SMILES string of the molecule is CC(CO)CNC(=O)c1ccc(C(C)C)cc1. The third-order valence-corrected chi connectivity index (χ3v) is 2.76. The number of hydrogen-bond donors (Lipinski definition) is 2. The molecule has 0 aromatic heterocycles. The first-order valence-electron chi connectivity index (χ1n) is 6.03. The van der Waals surface area contributed by atoms with Crippen LogP contribution in [0.15, 0.2) is 24.3 Å². The van der Waals surface area contributed by atoms with Crippen LogP contribution in [0.2, 0.25) is 0 Å². The van der Waals surface area contributed by atoms with Crippen LogP contribution in [0.5, 0.6) is 0 Å². The average molecular weight is 235 g/mol. The fourth-order valence-corrected chi connectivity index (χ4v) is 1.45. The fraction of sp³-hybridized carbons (Fsp3) is 0.500. The molecule has 0 fully saturated rings. The zero-order valence-corrected chi connectivity index (χ0v) is 10.7. The van der Waals surface area contributed by atoms with Crippen molar-refractivity contribution in [3.8, 4) is 0 Å². The molecule has 2 N–H and O–H groups in total. The molecule has 0 saturated heterocycles. The fourth-order valence-electron chi connectivity index (χ4n) is 1.45. The van der Waals surface area contributed by atoms with Gasteiger partial charge in [0.25, 0.3) is 5.91 Å². The molecule has 1 atom stereocenters. The third kappa shape index (κ3) is 4.19. The van der Waals surface area contributed by atoms with Crippen molar-refractivity contribution in [3.05, 3.63) is 35.4 Å². The number of rotatable bonds is 5. The summed E-state index contributed by atoms with van der Waals surface area (Å²) in [7, 11) is 0. The van der Waals surface area contributed by atoms with E-state index in [0.29, 0.717) is 18.0 Å². The predicted octanol–water partition coefficient (Wildman–Crippen LogP) is 2.17. The van der Waals surface area contributed by atoms with Gasteiger partial charge in [0, 0.05) is 18.7 Å². The smallest absolute Gasteiger partial charge is 0.251 e. The Balaban J connectivity index is 2.58. The molecule has 1 aromatic rings. The van der Waals surface area contributed by atoms with Crippen LogP contribution in [-0.4, -0.2) is 24.2 Å². The second-order valence-electron chi connectivity index (χ2n) is 4.77. The van der Waals surface area contributed by atoms with Crippen molar-refractivity contribution in [2.75, 3.05) is 13.2 Å². The van der Waals surface area contributed by atoms with Crippen LogP contribution in [-0.2, 0) is 0 Å². The number of hydrogen-bond acceptors (Lipinski definition) is 2. The summed E-state index contributed by atoms with van der Waals surface area (Å²) in [5, 5.41) is 11.7. The van der Waals surface area contributed by atoms with Gasteiger partial charge in [-0.25, -0.2) is 0 Å². The summed E-state index contributed by atoms with van der Waals surface area (Å²) in [4.78, 5) is 11.8. The Labute approximate surface area is 103 Å². The highest BCUT2D eigenvalue weighted by molar-refractivity contribution is 5.94. The van der Waals surface area contributed by atoms with Gasteiger partial charge in [-0.15, -0.1) is 0 Å². The molecular weight excluding hydrogens is 214 g/mol. The highest BCUT2D eigenvalue weighted by Gasteiger charge is 2.07. The number of nitrogens with one attached hydrogen (secondary N) is 1. The molecule has 0 spiro atoms. The summed E-state index contributed by atoms with van der Waals surface area (Å²) in [5.41, 5.74) is 1.89. The van der Waals surface area contributed by atoms with Gasteiger partial charge in [0.1, 0.15) is 0 Å². The van der Waals surface area contributed by atoms with E-state index in [-0.39, 0.29) is 18.4 Å². The normalized spacial score (nSPS) is 12.5. The van der Waals surface area contributed by atoms with Crippen LogP contribution in [0.1, 0.15) is 42.6 Å². The van der Waals surface area contributed by atoms with Crippen LogP contribution in [0, 0.1) is 5.92 Å². The lowest BCUT2D eigenvalue weighted by Crippen LogP contribution is -2.29. The van der Waals surface area contributed by atoms with Gasteiger partial charge in [-0.1, -0.05) is 32.9 Å². The highest BCUT2D eigenvalue weighted by Crippen LogP contribution is 2.14. The van der Waals surface area contributed by atoms with Gasteiger partial charge in [-0.3, -0.25) is 4.79 Å². The van der Waals surface area contributed by atoms with Crippen LogP contribution in [0.4, 0.5) is 0 Å². The van der Waals surface area contributed by atoms with Gasteiger partial charge in [0.2, 0.25) is 0 Å². The van der Waals surface area contributed by atoms with E-state index in [1.807, 2.05) is 31.2 Å². The Bertz CT molecular complexity index is 357. The number of carbonyl (C=O) groups is 1. The number of aliphatic hydroxyl groups excluding tert-OH is 1. The summed E-state index contributed by atoms with van der Waals surface area (Å²) in [5.74, 6) is 0.482. The Kier molecular flexibility index (Phi) is 5.16. The molecule has 0 aliphatic heterocycles. The number of carbonyl (C=O) groups excluding carboxylic acids is 1. The van der Waals surface area contributed by atoms with Crippen molar-refractivity contribution in [2.45, 2.75) is 26.7 Å². The maximum absolute atomic E-state index is 11.8. The maximum Gasteiger partial charge on any atom is 0.251 e. The maximum atomic E-state index is 11.8. The Morgan fingerprint density at radius 3 is 2.29 bits per heavy atom. The van der Waals surface area contributed by atoms with Crippen LogP contribution in [0.25, 0.3) is 0 Å². The van der Waals surface area contributed by atoms with Gasteiger partial charge in [0.05, 0.1) is 0 Å². The highest BCUT2D eigenvalue weighted by atomic mass is 16.3. The lowest BCUT2D eigenvalue weighted by molar-refractivity contribution is 0.0942. The first-order chi connectivity index (χ1) is 8.04. The van der Waals surface area contributed by atoms with Crippen LogP contribution >= 0.6 is 0 Å². The minimum atomic E-state index is -0.0828. The van der Waals surface area contributed by atoms with E-state index < -0.39 is 0 Å². The summed E-state index contributed by atoms with van der Waals surface area (Å²) in [6.45, 7) is 6.73. The average Bonchev–Trinajstić information content (AvgIpc) is 2.35. The predicted molar refractivity (Wildman–Crippen MR) is 69.1 cm³/mol. The second-order valence-corrected chi connectivity index (χ2v) is 4.77. The van der Waals surface area contributed by atoms with E-state index in [4.69, 9.17) is 5.11 Å². The van der Waals surface area contributed by atoms with Crippen LogP contribution in [0.3, 0.4) is 0 Å². The van der Waals surface area contributed by atoms with Crippen molar-refractivity contribution in [2.24, 2.45) is 5.92 Å². The van der Waals surface area contributed by atoms with Crippen molar-refractivity contribution >= 4 is 5.91 Å². The number of benzene rings is 1. The first-order valence-corrected chi connectivity index (χ1v) is 6.03. The van der Waals surface area contributed by atoms with Crippen LogP contribution < -0.4 is 5.32 Å². The standard InChI is InChI=1S/C14H21NO2/c1-10(2)12-4-6-13(7-5-12)14(17)15-8-11(3)9-16/h4-7,10-11,16H,8-9H2,1-3H3,(H,15,17). The van der Waals surface area contributed by atoms with Crippen molar-refractivity contribution < 1.29 is 9.90 Å². The number of amides is 1. The lowest BCUT2D eigenvalue weighted by Gasteiger charge is -2.10. The summed E-state index contributed by atoms with van der Waals surface area (Å²) >= 11 is 0. The molecule has 1 unspecified atom stereocenters. The minimum absolute atomic E-state index is 0.0828. The van der Waals surface area contributed by atoms with E-state index in [9.17, 15) is 4.79 Å². The van der Waals surface area contributed by atoms with E-state index >= 15 is 0 Å². The quantitative estimate of drug-likeness (QED) is 0.821. The molecule has 0 heterocycles. The van der Waals surface area contributed by atoms with Gasteiger partial charge in [-0.05, 0) is 29.5 Å². The molecule has 0 saturated carbocycles. The first kappa shape index (κ1) is 13.7. The molecule has 1 amide bonds. The molecule has 3 heteroatoms. The van der Waals surface area contributed by atoms with Crippen molar-refractivity contribution in [1.82, 2.24) is 5.32 Å². The van der Waals surface area contributed by atoms with Gasteiger partial charge in [-0.2, -0.15) is 0 Å². The lowest BCUT2D eigenvalue weighted by atomic mass is 10.0. The van der Waals surface area contributed by atoms with Crippen molar-refractivity contribution in [1.29, 1.82) is 0 Å². The molecular formula is C14H21NO2. The monoisotopic (exact) mass is 235 g/mol. The summed E-state index contributed by atoms with van der Waals surface area (Å²) in [6.07, 6.45) is 0. The molecule has 3 nitrogen and oxygen atoms in total. The van der Waals surface area contributed by atoms with Gasteiger partial charge >= 0.3 is 0 Å². The molecule has 17 heavy (non-hydrogen) atoms. The number of aliphatic hydroxyl groups is 1. The minimum Gasteiger partial charge on any atom is -0.396 e. The van der Waals surface area contributed by atoms with E-state index in [1.54, 1.807) is 0 Å². The Morgan fingerprint density at radius 1 is 1.24 bits per heavy atom. The molecule has 0 radical (unpaired) electrons. The molecule has 94 valence electrons. The molecule has 0 aliphatic rings. The van der Waals surface area contributed by atoms with E-state index in [2.05, 4.69) is 19.2 Å². The molecule has 0 bridgehead atoms. The molecule has 1 rings (SSSR count). The molecule has 1 aromatic carbocycles. The van der Waals surface area contributed by atoms with Crippen molar-refractivity contribution in [3.63, 3.8) is 0 Å². The van der Waals surface area contributed by atoms with Gasteiger partial charge in [0.15, 0.2) is 0 Å². The second kappa shape index (κ2) is 6.40. The summed E-state index contributed by atoms with van der Waals surface area (Å²) in [6, 6.07) is 7.65. The largest absolute Gasteiger partial charge is 0.396 e. The summed E-state index contributed by atoms with van der Waals surface area (Å²) < 4.78 is 0. The third-order valence-electron chi connectivity index (χ3n) is 2.76. The zero-order valence-electron chi connectivity index (χ0n) is 10.7. The topological polar surface area (TPSA) is 49.3 Å². The Morgan fingerprint density at radius 2 is 1.82 bits per heavy atom.